The lowest BCUT2D eigenvalue weighted by atomic mass is 10.1. The number of H-pyrrole nitrogens is 1. The van der Waals surface area contributed by atoms with Gasteiger partial charge in [0.15, 0.2) is 5.82 Å². The molecule has 0 fully saturated rings. The van der Waals surface area contributed by atoms with Gasteiger partial charge in [0.1, 0.15) is 11.6 Å². The highest BCUT2D eigenvalue weighted by molar-refractivity contribution is 5.99. The van der Waals surface area contributed by atoms with E-state index in [2.05, 4.69) is 27.8 Å². The average Bonchev–Trinajstić information content (AvgIpc) is 2.61. The van der Waals surface area contributed by atoms with E-state index in [1.165, 1.54) is 0 Å². The van der Waals surface area contributed by atoms with Gasteiger partial charge in [-0.05, 0) is 5.92 Å². The Balaban J connectivity index is 3.03. The Hall–Kier alpha value is -2.31. The van der Waals surface area contributed by atoms with Crippen LogP contribution in [-0.4, -0.2) is 16.1 Å². The quantitative estimate of drug-likeness (QED) is 0.595. The highest BCUT2D eigenvalue weighted by Crippen LogP contribution is 2.22. The Morgan fingerprint density at radius 1 is 1.69 bits per heavy atom. The summed E-state index contributed by atoms with van der Waals surface area (Å²) in [6.07, 6.45) is 1.14. The van der Waals surface area contributed by atoms with Crippen LogP contribution in [-0.2, 0) is 4.79 Å². The molecule has 0 saturated heterocycles. The van der Waals surface area contributed by atoms with Gasteiger partial charge in [-0.25, -0.2) is 0 Å². The first-order valence-electron chi connectivity index (χ1n) is 4.75. The molecule has 0 unspecified atom stereocenters. The van der Waals surface area contributed by atoms with Crippen LogP contribution < -0.4 is 5.32 Å². The molecule has 5 nitrogen and oxygen atoms in total. The molecule has 0 aliphatic carbocycles. The van der Waals surface area contributed by atoms with Gasteiger partial charge >= 0.3 is 0 Å². The number of nitriles is 1. The topological polar surface area (TPSA) is 81.6 Å². The molecule has 0 aromatic carbocycles. The molecule has 16 heavy (non-hydrogen) atoms. The number of amides is 1. The molecule has 82 valence electrons. The van der Waals surface area contributed by atoms with Crippen molar-refractivity contribution >= 4 is 11.7 Å². The molecule has 1 aromatic rings. The zero-order chi connectivity index (χ0) is 12.1. The summed E-state index contributed by atoms with van der Waals surface area (Å²) in [5.41, 5.74) is 3.42. The maximum atomic E-state index is 11.2. The van der Waals surface area contributed by atoms with Crippen LogP contribution in [0.15, 0.2) is 18.4 Å². The van der Waals surface area contributed by atoms with Crippen molar-refractivity contribution in [3.8, 4) is 6.07 Å². The average molecular weight is 216 g/mol. The number of aromatic nitrogens is 2. The molecule has 2 N–H and O–H groups in total. The minimum absolute atomic E-state index is 0.141. The highest BCUT2D eigenvalue weighted by Gasteiger charge is 2.16. The predicted octanol–water partition coefficient (Wildman–Crippen LogP) is 1.68. The maximum absolute atomic E-state index is 11.2. The summed E-state index contributed by atoms with van der Waals surface area (Å²) < 4.78 is 0. The first-order valence-corrected chi connectivity index (χ1v) is 4.75. The standard InChI is InChI=1S/C11H12N4O/c1-4-5-9(16)13-11-8(6-12)10(7(2)3)14-15-11/h5,7H,1H2,2-3H3,(H2,13,14,15,16). The van der Waals surface area contributed by atoms with Crippen LogP contribution in [0.3, 0.4) is 0 Å². The third kappa shape index (κ3) is 2.38. The molecule has 0 aliphatic heterocycles. The van der Waals surface area contributed by atoms with Crippen molar-refractivity contribution in [1.29, 1.82) is 5.26 Å². The lowest BCUT2D eigenvalue weighted by Gasteiger charge is -2.00. The van der Waals surface area contributed by atoms with Gasteiger partial charge in [0.05, 0.1) is 5.69 Å². The highest BCUT2D eigenvalue weighted by atomic mass is 16.1. The van der Waals surface area contributed by atoms with Gasteiger partial charge in [0.2, 0.25) is 0 Å². The monoisotopic (exact) mass is 216 g/mol. The van der Waals surface area contributed by atoms with Gasteiger partial charge in [0.25, 0.3) is 5.91 Å². The number of nitrogens with zero attached hydrogens (tertiary/aromatic N) is 2. The minimum Gasteiger partial charge on any atom is -0.304 e. The van der Waals surface area contributed by atoms with Crippen molar-refractivity contribution in [3.63, 3.8) is 0 Å². The van der Waals surface area contributed by atoms with Crippen LogP contribution in [0.25, 0.3) is 0 Å². The molecule has 0 aliphatic rings. The normalized spacial score (nSPS) is 9.38. The van der Waals surface area contributed by atoms with Gasteiger partial charge in [-0.3, -0.25) is 9.89 Å². The number of rotatable bonds is 3. The first kappa shape index (κ1) is 11.8. The second-order valence-electron chi connectivity index (χ2n) is 3.47. The third-order valence-electron chi connectivity index (χ3n) is 1.96. The van der Waals surface area contributed by atoms with E-state index in [1.54, 1.807) is 0 Å². The second-order valence-corrected chi connectivity index (χ2v) is 3.47. The molecular weight excluding hydrogens is 204 g/mol. The molecule has 1 amide bonds. The van der Waals surface area contributed by atoms with Crippen LogP contribution in [0.4, 0.5) is 5.82 Å². The van der Waals surface area contributed by atoms with E-state index in [0.29, 0.717) is 11.3 Å². The molecule has 0 saturated carbocycles. The fourth-order valence-corrected chi connectivity index (χ4v) is 1.22. The Morgan fingerprint density at radius 3 is 2.88 bits per heavy atom. The Labute approximate surface area is 93.5 Å². The number of nitrogens with one attached hydrogen (secondary N) is 2. The molecule has 1 rings (SSSR count). The number of carbonyl (C=O) groups excluding carboxylic acids is 1. The van der Waals surface area contributed by atoms with E-state index in [4.69, 9.17) is 5.26 Å². The summed E-state index contributed by atoms with van der Waals surface area (Å²) in [4.78, 5) is 11.2. The maximum Gasteiger partial charge on any atom is 0.257 e. The number of hydrogen-bond donors (Lipinski definition) is 2. The molecule has 1 heterocycles. The van der Waals surface area contributed by atoms with Crippen molar-refractivity contribution in [2.75, 3.05) is 5.32 Å². The molecule has 0 radical (unpaired) electrons. The smallest absolute Gasteiger partial charge is 0.257 e. The van der Waals surface area contributed by atoms with E-state index in [-0.39, 0.29) is 11.7 Å². The van der Waals surface area contributed by atoms with Crippen molar-refractivity contribution in [3.05, 3.63) is 29.6 Å². The number of hydrogen-bond acceptors (Lipinski definition) is 3. The summed E-state index contributed by atoms with van der Waals surface area (Å²) in [6, 6.07) is 2.01. The molecule has 0 spiro atoms. The molecule has 1 aromatic heterocycles. The minimum atomic E-state index is -0.409. The SMILES string of the molecule is C=C=CC(=O)Nc1n[nH]c(C(C)C)c1C#N. The van der Waals surface area contributed by atoms with Crippen LogP contribution in [0.1, 0.15) is 31.0 Å². The summed E-state index contributed by atoms with van der Waals surface area (Å²) in [6.45, 7) is 7.15. The zero-order valence-electron chi connectivity index (χ0n) is 9.16. The van der Waals surface area contributed by atoms with E-state index >= 15 is 0 Å². The van der Waals surface area contributed by atoms with Crippen LogP contribution in [0, 0.1) is 11.3 Å². The van der Waals surface area contributed by atoms with E-state index in [9.17, 15) is 4.79 Å². The predicted molar refractivity (Wildman–Crippen MR) is 59.7 cm³/mol. The summed E-state index contributed by atoms with van der Waals surface area (Å²) in [5, 5.41) is 18.1. The third-order valence-corrected chi connectivity index (χ3v) is 1.96. The van der Waals surface area contributed by atoms with E-state index in [0.717, 1.165) is 6.08 Å². The van der Waals surface area contributed by atoms with Crippen molar-refractivity contribution in [2.24, 2.45) is 0 Å². The molecular formula is C11H12N4O. The van der Waals surface area contributed by atoms with Gasteiger partial charge < -0.3 is 5.32 Å². The van der Waals surface area contributed by atoms with E-state index < -0.39 is 5.91 Å². The Bertz CT molecular complexity index is 487. The second kappa shape index (κ2) is 4.96. The Morgan fingerprint density at radius 2 is 2.38 bits per heavy atom. The van der Waals surface area contributed by atoms with Crippen molar-refractivity contribution in [1.82, 2.24) is 10.2 Å². The number of carbonyl (C=O) groups is 1. The van der Waals surface area contributed by atoms with Gasteiger partial charge in [0, 0.05) is 6.08 Å². The molecule has 5 heteroatoms. The van der Waals surface area contributed by atoms with Crippen LogP contribution >= 0.6 is 0 Å². The van der Waals surface area contributed by atoms with Gasteiger partial charge in [-0.1, -0.05) is 20.4 Å². The summed E-state index contributed by atoms with van der Waals surface area (Å²) in [7, 11) is 0. The largest absolute Gasteiger partial charge is 0.304 e. The van der Waals surface area contributed by atoms with Gasteiger partial charge in [-0.2, -0.15) is 10.4 Å². The first-order chi connectivity index (χ1) is 7.60. The summed E-state index contributed by atoms with van der Waals surface area (Å²) in [5.74, 6) is -0.0289. The zero-order valence-corrected chi connectivity index (χ0v) is 9.16. The van der Waals surface area contributed by atoms with Crippen LogP contribution in [0.5, 0.6) is 0 Å². The fraction of sp³-hybridized carbons (Fsp3) is 0.273. The molecule has 0 atom stereocenters. The number of anilines is 1. The van der Waals surface area contributed by atoms with Crippen molar-refractivity contribution in [2.45, 2.75) is 19.8 Å². The summed E-state index contributed by atoms with van der Waals surface area (Å²) >= 11 is 0. The van der Waals surface area contributed by atoms with Gasteiger partial charge in [-0.15, -0.1) is 5.73 Å². The Kier molecular flexibility index (Phi) is 3.65. The van der Waals surface area contributed by atoms with E-state index in [1.807, 2.05) is 19.9 Å². The van der Waals surface area contributed by atoms with Crippen LogP contribution in [0.2, 0.25) is 0 Å². The fourth-order valence-electron chi connectivity index (χ4n) is 1.22. The van der Waals surface area contributed by atoms with Crippen molar-refractivity contribution < 1.29 is 4.79 Å². The lowest BCUT2D eigenvalue weighted by Crippen LogP contribution is -2.09. The molecule has 0 bridgehead atoms. The number of aromatic amines is 1. The lowest BCUT2D eigenvalue weighted by molar-refractivity contribution is -0.111.